The van der Waals surface area contributed by atoms with Gasteiger partial charge in [-0.25, -0.2) is 0 Å². The number of benzene rings is 4. The highest BCUT2D eigenvalue weighted by Gasteiger charge is 2.37. The minimum absolute atomic E-state index is 0.231. The molecule has 0 amide bonds. The molecule has 0 radical (unpaired) electrons. The molecular weight excluding hydrogens is 677 g/mol. The zero-order chi connectivity index (χ0) is 39.7. The third-order valence-electron chi connectivity index (χ3n) is 12.5. The zero-order valence-electron chi connectivity index (χ0n) is 36.1. The summed E-state index contributed by atoms with van der Waals surface area (Å²) in [6.45, 7) is 27.8. The average Bonchev–Trinajstić information content (AvgIpc) is 3.09. The van der Waals surface area contributed by atoms with Gasteiger partial charge in [0.05, 0.1) is 11.7 Å². The lowest BCUT2D eigenvalue weighted by Gasteiger charge is -2.41. The Hall–Kier alpha value is -4.82. The van der Waals surface area contributed by atoms with Crippen LogP contribution in [0.25, 0.3) is 22.0 Å². The molecule has 2 heteroatoms. The van der Waals surface area contributed by atoms with Crippen LogP contribution < -0.4 is 9.80 Å². The molecule has 0 bridgehead atoms. The van der Waals surface area contributed by atoms with Crippen LogP contribution in [0, 0.1) is 45.4 Å². The van der Waals surface area contributed by atoms with Crippen LogP contribution in [-0.2, 0) is 6.42 Å². The summed E-state index contributed by atoms with van der Waals surface area (Å²) in [5.74, 6) is 1.60. The molecule has 0 aliphatic heterocycles. The Morgan fingerprint density at radius 3 is 1.93 bits per heavy atom. The Bertz CT molecular complexity index is 2410. The number of allylic oxidation sites excluding steroid dienone is 8. The van der Waals surface area contributed by atoms with E-state index < -0.39 is 0 Å². The third-order valence-corrected chi connectivity index (χ3v) is 12.5. The van der Waals surface area contributed by atoms with Crippen LogP contribution in [0.5, 0.6) is 0 Å². The summed E-state index contributed by atoms with van der Waals surface area (Å²) < 4.78 is 0. The molecule has 0 heterocycles. The lowest BCUT2D eigenvalue weighted by molar-refractivity contribution is 0.560. The van der Waals surface area contributed by atoms with Crippen molar-refractivity contribution < 1.29 is 0 Å². The van der Waals surface area contributed by atoms with E-state index >= 15 is 0 Å². The molecule has 4 aliphatic rings. The van der Waals surface area contributed by atoms with Crippen LogP contribution in [0.4, 0.5) is 17.1 Å². The second kappa shape index (κ2) is 14.6. The number of hydrogen-bond donors (Lipinski definition) is 0. The van der Waals surface area contributed by atoms with Gasteiger partial charge in [0.2, 0.25) is 0 Å². The Balaban J connectivity index is 1.45. The van der Waals surface area contributed by atoms with E-state index in [-0.39, 0.29) is 6.04 Å². The summed E-state index contributed by atoms with van der Waals surface area (Å²) in [4.78, 5) is 5.32. The van der Waals surface area contributed by atoms with E-state index in [1.165, 1.54) is 106 Å². The van der Waals surface area contributed by atoms with Crippen LogP contribution in [0.2, 0.25) is 0 Å². The average molecular weight is 739 g/mol. The molecule has 56 heavy (non-hydrogen) atoms. The van der Waals surface area contributed by atoms with E-state index in [4.69, 9.17) is 0 Å². The topological polar surface area (TPSA) is 6.48 Å². The number of nitrogens with zero attached hydrogens (tertiary/aromatic N) is 2. The van der Waals surface area contributed by atoms with Gasteiger partial charge in [0.25, 0.3) is 0 Å². The van der Waals surface area contributed by atoms with E-state index in [0.29, 0.717) is 23.7 Å². The van der Waals surface area contributed by atoms with Crippen LogP contribution in [0.15, 0.2) is 113 Å². The minimum Gasteiger partial charge on any atom is -0.334 e. The third kappa shape index (κ3) is 6.84. The van der Waals surface area contributed by atoms with Crippen molar-refractivity contribution in [3.63, 3.8) is 0 Å². The molecule has 0 fully saturated rings. The van der Waals surface area contributed by atoms with Gasteiger partial charge < -0.3 is 9.80 Å². The van der Waals surface area contributed by atoms with E-state index in [0.717, 1.165) is 19.3 Å². The number of aryl methyl sites for hydroxylation is 4. The summed E-state index contributed by atoms with van der Waals surface area (Å²) in [7, 11) is 0. The lowest BCUT2D eigenvalue weighted by Crippen LogP contribution is -2.33. The van der Waals surface area contributed by atoms with Crippen LogP contribution in [0.1, 0.15) is 119 Å². The Morgan fingerprint density at radius 1 is 0.679 bits per heavy atom. The summed E-state index contributed by atoms with van der Waals surface area (Å²) in [6, 6.07) is 21.9. The summed E-state index contributed by atoms with van der Waals surface area (Å²) >= 11 is 0. The van der Waals surface area contributed by atoms with Crippen molar-refractivity contribution >= 4 is 39.1 Å². The van der Waals surface area contributed by atoms with Gasteiger partial charge >= 0.3 is 0 Å². The first-order valence-electron chi connectivity index (χ1n) is 21.2. The van der Waals surface area contributed by atoms with Crippen molar-refractivity contribution in [1.29, 1.82) is 0 Å². The maximum Gasteiger partial charge on any atom is 0.0565 e. The van der Waals surface area contributed by atoms with Crippen molar-refractivity contribution in [2.45, 2.75) is 114 Å². The first kappa shape index (κ1) is 38.1. The predicted molar refractivity (Wildman–Crippen MR) is 244 cm³/mol. The van der Waals surface area contributed by atoms with Crippen LogP contribution in [0.3, 0.4) is 0 Å². The van der Waals surface area contributed by atoms with E-state index in [9.17, 15) is 0 Å². The summed E-state index contributed by atoms with van der Waals surface area (Å²) in [5.41, 5.74) is 23.2. The normalized spacial score (nSPS) is 20.4. The van der Waals surface area contributed by atoms with Gasteiger partial charge in [-0.05, 0) is 177 Å². The molecule has 0 saturated carbocycles. The predicted octanol–water partition coefficient (Wildman–Crippen LogP) is 14.9. The van der Waals surface area contributed by atoms with E-state index in [2.05, 4.69) is 184 Å². The molecular formula is C54H62N2. The molecule has 0 saturated heterocycles. The fourth-order valence-electron chi connectivity index (χ4n) is 10.5. The van der Waals surface area contributed by atoms with Gasteiger partial charge in [0, 0.05) is 34.2 Å². The van der Waals surface area contributed by atoms with E-state index in [1.807, 2.05) is 0 Å². The minimum atomic E-state index is 0.231. The Kier molecular flexibility index (Phi) is 9.93. The molecule has 4 aromatic rings. The highest BCUT2D eigenvalue weighted by atomic mass is 15.2. The van der Waals surface area contributed by atoms with Crippen molar-refractivity contribution in [3.05, 3.63) is 158 Å². The fraction of sp³-hybridized carbons (Fsp3) is 0.370. The van der Waals surface area contributed by atoms with Gasteiger partial charge in [0.1, 0.15) is 0 Å². The van der Waals surface area contributed by atoms with Crippen molar-refractivity contribution in [3.8, 4) is 0 Å². The number of hydrogen-bond acceptors (Lipinski definition) is 2. The number of anilines is 3. The molecule has 2 unspecified atom stereocenters. The van der Waals surface area contributed by atoms with E-state index in [1.54, 1.807) is 0 Å². The standard InChI is InChI=1S/C54H62N2/c1-31(2)49-29-51(55(41-21-33(5)17-34(6)22-41)42-23-35(7)18-36(8)24-42)47-16-14-46-50(32(3)4)30-52(48-15-13-45(49)53(47)54(46)48)56(43-25-37(9)19-38(10)26-43)44-27-39(11)20-40(12)28-44/h13-15,17-19,21-23,25-32,39,42,50H,16,20,24H2,1-12H3/t39-,42?,50?/m1/s1. The molecule has 4 aromatic carbocycles. The van der Waals surface area contributed by atoms with Gasteiger partial charge in [-0.1, -0.05) is 106 Å². The molecule has 4 aliphatic carbocycles. The molecule has 0 aromatic heterocycles. The van der Waals surface area contributed by atoms with Gasteiger partial charge in [-0.15, -0.1) is 0 Å². The van der Waals surface area contributed by atoms with Gasteiger partial charge in [0.15, 0.2) is 0 Å². The SMILES string of the molecule is CC1=CC(N(c2cc(C)cc(C)c2)c2cc(C(C)C)c3ccc4c5c3c2CC=C5C(C(C)C)C=C4N(C2=C[C@H](C)CC(C)=C2)c2cc(C)cc(C)c2)CC(C)=C1. The monoisotopic (exact) mass is 738 g/mol. The molecule has 3 atom stereocenters. The first-order chi connectivity index (χ1) is 26.7. The maximum atomic E-state index is 2.71. The zero-order valence-corrected chi connectivity index (χ0v) is 36.1. The summed E-state index contributed by atoms with van der Waals surface area (Å²) in [5, 5.41) is 2.88. The van der Waals surface area contributed by atoms with Crippen LogP contribution >= 0.6 is 0 Å². The molecule has 0 N–H and O–H groups in total. The fourth-order valence-corrected chi connectivity index (χ4v) is 10.5. The largest absolute Gasteiger partial charge is 0.334 e. The second-order valence-corrected chi connectivity index (χ2v) is 18.5. The first-order valence-corrected chi connectivity index (χ1v) is 21.2. The lowest BCUT2D eigenvalue weighted by atomic mass is 9.71. The van der Waals surface area contributed by atoms with Crippen LogP contribution in [-0.4, -0.2) is 6.04 Å². The Morgan fingerprint density at radius 2 is 1.32 bits per heavy atom. The second-order valence-electron chi connectivity index (χ2n) is 18.5. The van der Waals surface area contributed by atoms with Crippen molar-refractivity contribution in [2.24, 2.45) is 17.8 Å². The molecule has 288 valence electrons. The molecule has 2 nitrogen and oxygen atoms in total. The smallest absolute Gasteiger partial charge is 0.0565 e. The molecule has 0 spiro atoms. The molecule has 8 rings (SSSR count). The van der Waals surface area contributed by atoms with Crippen molar-refractivity contribution in [2.75, 3.05) is 9.80 Å². The summed E-state index contributed by atoms with van der Waals surface area (Å²) in [6.07, 6.45) is 18.1. The quantitative estimate of drug-likeness (QED) is 0.178. The van der Waals surface area contributed by atoms with Gasteiger partial charge in [-0.3, -0.25) is 0 Å². The highest BCUT2D eigenvalue weighted by molar-refractivity contribution is 6.09. The highest BCUT2D eigenvalue weighted by Crippen LogP contribution is 2.53. The maximum absolute atomic E-state index is 2.71. The van der Waals surface area contributed by atoms with Crippen molar-refractivity contribution in [1.82, 2.24) is 0 Å². The number of rotatable bonds is 8. The van der Waals surface area contributed by atoms with Gasteiger partial charge in [-0.2, -0.15) is 0 Å². The Labute approximate surface area is 337 Å².